The number of carbonyl (C=O) groups excluding carboxylic acids is 4. The number of aromatic nitrogens is 3. The standard InChI is InChI=1S/C50H73N7O11/c1-11-40-50(7)43(57(48(62)68-50)23-16-15-22-56-28-38(53-54-56)35-20-17-21-36(51)24-35)33(5)52-27-30(2)26-49(6,63-10)44(31(3)41(58)32(4)45(60)66-40)67-47-42(59)39(55(8)9)25-37(65-47)29-64-46(61)34-18-13-12-14-19-34/h12-14,17-21,24,28,30-33,37,39-40,42-44,47,52,59H,11,15-16,22-23,25-27,29,51H2,1-10H3/t30-,31+,32?,33-,37?,39?,40-,42?,43-,44-,47+,49-,50-/m1/s1. The Morgan fingerprint density at radius 2 is 1.75 bits per heavy atom. The van der Waals surface area contributed by atoms with Gasteiger partial charge in [-0.2, -0.15) is 0 Å². The number of cyclic esters (lactones) is 1. The minimum absolute atomic E-state index is 0.0901. The molecule has 18 nitrogen and oxygen atoms in total. The van der Waals surface area contributed by atoms with Crippen molar-refractivity contribution < 1.29 is 52.7 Å². The number of methoxy groups -OCH3 is 1. The normalized spacial score (nSPS) is 33.0. The summed E-state index contributed by atoms with van der Waals surface area (Å²) < 4.78 is 39.4. The molecule has 3 saturated heterocycles. The summed E-state index contributed by atoms with van der Waals surface area (Å²) in [6.07, 6.45) is -1.33. The number of rotatable bonds is 14. The molecule has 1 amide bonds. The number of anilines is 1. The highest BCUT2D eigenvalue weighted by atomic mass is 16.7. The van der Waals surface area contributed by atoms with Gasteiger partial charge in [-0.15, -0.1) is 5.10 Å². The Morgan fingerprint density at radius 3 is 2.43 bits per heavy atom. The maximum absolute atomic E-state index is 14.6. The third kappa shape index (κ3) is 11.9. The lowest BCUT2D eigenvalue weighted by Gasteiger charge is -2.47. The van der Waals surface area contributed by atoms with Crippen molar-refractivity contribution in [3.8, 4) is 11.3 Å². The summed E-state index contributed by atoms with van der Waals surface area (Å²) in [6.45, 7) is 14.1. The van der Waals surface area contributed by atoms with Gasteiger partial charge in [0, 0.05) is 49.5 Å². The molecule has 3 fully saturated rings. The lowest BCUT2D eigenvalue weighted by atomic mass is 9.78. The number of hydrogen-bond acceptors (Lipinski definition) is 16. The van der Waals surface area contributed by atoms with Crippen molar-refractivity contribution in [2.75, 3.05) is 46.6 Å². The molecule has 3 aliphatic rings. The molecular formula is C50H73N7O11. The van der Waals surface area contributed by atoms with E-state index in [9.17, 15) is 24.3 Å². The number of nitrogens with two attached hydrogens (primary N) is 1. The fourth-order valence-electron chi connectivity index (χ4n) is 10.3. The van der Waals surface area contributed by atoms with Crippen molar-refractivity contribution in [1.29, 1.82) is 0 Å². The van der Waals surface area contributed by atoms with E-state index >= 15 is 0 Å². The summed E-state index contributed by atoms with van der Waals surface area (Å²) in [4.78, 5) is 59.3. The summed E-state index contributed by atoms with van der Waals surface area (Å²) in [5, 5.41) is 24.1. The van der Waals surface area contributed by atoms with E-state index in [0.717, 1.165) is 5.56 Å². The van der Waals surface area contributed by atoms with Crippen molar-refractivity contribution in [3.63, 3.8) is 0 Å². The molecular weight excluding hydrogens is 875 g/mol. The van der Waals surface area contributed by atoms with Crippen LogP contribution in [-0.2, 0) is 44.6 Å². The number of unbranched alkanes of at least 4 members (excludes halogenated alkanes) is 1. The van der Waals surface area contributed by atoms with E-state index in [2.05, 4.69) is 22.6 Å². The molecule has 4 heterocycles. The SMILES string of the molecule is CC[C@H]1OC(=O)C(C)C(=O)[C@H](C)[C@@H](O[C@@H]2OC(COC(=O)c3ccccc3)CC(N(C)C)C2O)[C@](C)(OC)C[C@@H](C)CN[C@H](C)[C@H]2N(CCCCn3cc(-c4cccc(N)c4)nn3)C(=O)O[C@]12C. The van der Waals surface area contributed by atoms with E-state index in [1.165, 1.54) is 6.92 Å². The molecule has 18 heteroatoms. The van der Waals surface area contributed by atoms with Gasteiger partial charge in [-0.25, -0.2) is 9.59 Å². The number of ether oxygens (including phenoxy) is 6. The van der Waals surface area contributed by atoms with Crippen molar-refractivity contribution in [3.05, 3.63) is 66.4 Å². The van der Waals surface area contributed by atoms with Gasteiger partial charge in [-0.3, -0.25) is 19.2 Å². The second-order valence-corrected chi connectivity index (χ2v) is 19.6. The molecule has 0 radical (unpaired) electrons. The molecule has 374 valence electrons. The predicted octanol–water partition coefficient (Wildman–Crippen LogP) is 5.12. The highest BCUT2D eigenvalue weighted by Crippen LogP contribution is 2.40. The molecule has 4 N–H and O–H groups in total. The lowest BCUT2D eigenvalue weighted by Crippen LogP contribution is -2.61. The molecule has 1 aromatic heterocycles. The first kappa shape index (κ1) is 52.4. The van der Waals surface area contributed by atoms with Gasteiger partial charge >= 0.3 is 18.0 Å². The smallest absolute Gasteiger partial charge is 0.410 e. The average molecular weight is 948 g/mol. The van der Waals surface area contributed by atoms with Crippen LogP contribution in [0.2, 0.25) is 0 Å². The molecule has 0 spiro atoms. The number of aryl methyl sites for hydroxylation is 1. The first-order valence-electron chi connectivity index (χ1n) is 24.0. The zero-order chi connectivity index (χ0) is 49.5. The van der Waals surface area contributed by atoms with E-state index in [1.54, 1.807) is 54.8 Å². The highest BCUT2D eigenvalue weighted by Gasteiger charge is 2.59. The molecule has 0 aliphatic carbocycles. The Labute approximate surface area is 400 Å². The number of aliphatic hydroxyl groups is 1. The number of Topliss-reactive ketones (excluding diaryl/α,β-unsaturated/α-hetero) is 1. The van der Waals surface area contributed by atoms with Crippen LogP contribution in [0.1, 0.15) is 90.9 Å². The minimum Gasteiger partial charge on any atom is -0.459 e. The van der Waals surface area contributed by atoms with Gasteiger partial charge in [0.15, 0.2) is 17.7 Å². The number of carbonyl (C=O) groups is 4. The molecule has 0 saturated carbocycles. The number of hydrogen-bond donors (Lipinski definition) is 3. The van der Waals surface area contributed by atoms with Crippen molar-refractivity contribution in [1.82, 2.24) is 30.1 Å². The number of nitrogens with zero attached hydrogens (tertiary/aromatic N) is 5. The fourth-order valence-corrected chi connectivity index (χ4v) is 10.3. The van der Waals surface area contributed by atoms with Gasteiger partial charge in [0.25, 0.3) is 0 Å². The second kappa shape index (κ2) is 22.6. The van der Waals surface area contributed by atoms with Gasteiger partial charge in [-0.05, 0) is 111 Å². The molecule has 0 bridgehead atoms. The Morgan fingerprint density at radius 1 is 1.03 bits per heavy atom. The largest absolute Gasteiger partial charge is 0.459 e. The quantitative estimate of drug-likeness (QED) is 0.0628. The van der Waals surface area contributed by atoms with Crippen LogP contribution in [0.25, 0.3) is 11.3 Å². The van der Waals surface area contributed by atoms with Crippen molar-refractivity contribution in [2.45, 2.75) is 147 Å². The number of aliphatic hydroxyl groups excluding tert-OH is 1. The lowest BCUT2D eigenvalue weighted by molar-refractivity contribution is -0.300. The molecule has 3 aliphatic heterocycles. The summed E-state index contributed by atoms with van der Waals surface area (Å²) in [6, 6.07) is 14.7. The van der Waals surface area contributed by atoms with Gasteiger partial charge in [0.2, 0.25) is 0 Å². The third-order valence-electron chi connectivity index (χ3n) is 14.1. The van der Waals surface area contributed by atoms with Crippen LogP contribution in [0.4, 0.5) is 10.5 Å². The van der Waals surface area contributed by atoms with Crippen LogP contribution in [0, 0.1) is 17.8 Å². The first-order chi connectivity index (χ1) is 32.3. The number of ketones is 1. The summed E-state index contributed by atoms with van der Waals surface area (Å²) in [7, 11) is 5.21. The summed E-state index contributed by atoms with van der Waals surface area (Å²) in [5.41, 5.74) is 6.16. The van der Waals surface area contributed by atoms with E-state index in [4.69, 9.17) is 34.2 Å². The number of likely N-dealkylation sites (N-methyl/N-ethyl adjacent to an activating group) is 1. The van der Waals surface area contributed by atoms with Crippen LogP contribution in [0.5, 0.6) is 0 Å². The second-order valence-electron chi connectivity index (χ2n) is 19.6. The monoisotopic (exact) mass is 948 g/mol. The van der Waals surface area contributed by atoms with E-state index in [0.29, 0.717) is 68.7 Å². The van der Waals surface area contributed by atoms with Crippen LogP contribution in [0.15, 0.2) is 60.8 Å². The van der Waals surface area contributed by atoms with Crippen LogP contribution in [0.3, 0.4) is 0 Å². The van der Waals surface area contributed by atoms with E-state index in [-0.39, 0.29) is 18.6 Å². The predicted molar refractivity (Wildman–Crippen MR) is 253 cm³/mol. The number of nitrogen functional groups attached to an aromatic ring is 1. The number of benzene rings is 2. The average Bonchev–Trinajstić information content (AvgIpc) is 3.90. The fraction of sp³-hybridized carbons (Fsp3) is 0.640. The van der Waals surface area contributed by atoms with Crippen molar-refractivity contribution in [2.24, 2.45) is 17.8 Å². The molecule has 6 rings (SSSR count). The van der Waals surface area contributed by atoms with E-state index in [1.807, 2.05) is 76.3 Å². The zero-order valence-corrected chi connectivity index (χ0v) is 41.3. The summed E-state index contributed by atoms with van der Waals surface area (Å²) in [5.74, 6) is -4.06. The third-order valence-corrected chi connectivity index (χ3v) is 14.1. The maximum atomic E-state index is 14.6. The van der Waals surface area contributed by atoms with Crippen LogP contribution < -0.4 is 11.1 Å². The Hall–Kier alpha value is -4.98. The van der Waals surface area contributed by atoms with Gasteiger partial charge in [0.1, 0.15) is 30.4 Å². The van der Waals surface area contributed by atoms with Gasteiger partial charge in [-0.1, -0.05) is 56.3 Å². The molecule has 2 aromatic carbocycles. The Bertz CT molecular complexity index is 2180. The highest BCUT2D eigenvalue weighted by molar-refractivity contribution is 6.00. The maximum Gasteiger partial charge on any atom is 0.410 e. The zero-order valence-electron chi connectivity index (χ0n) is 41.3. The molecule has 4 unspecified atom stereocenters. The number of fused-ring (bicyclic) bond motifs is 1. The van der Waals surface area contributed by atoms with Crippen LogP contribution in [-0.4, -0.2) is 155 Å². The van der Waals surface area contributed by atoms with Crippen LogP contribution >= 0.6 is 0 Å². The molecule has 3 aromatic rings. The Balaban J connectivity index is 1.21. The van der Waals surface area contributed by atoms with Gasteiger partial charge in [0.05, 0.1) is 35.6 Å². The van der Waals surface area contributed by atoms with Gasteiger partial charge < -0.3 is 49.5 Å². The van der Waals surface area contributed by atoms with Crippen molar-refractivity contribution >= 4 is 29.5 Å². The Kier molecular flexibility index (Phi) is 17.4. The van der Waals surface area contributed by atoms with E-state index < -0.39 is 89.6 Å². The number of amides is 1. The first-order valence-corrected chi connectivity index (χ1v) is 24.0. The number of nitrogens with one attached hydrogen (secondary N) is 1. The number of esters is 2. The molecule has 13 atom stereocenters. The minimum atomic E-state index is -1.28. The summed E-state index contributed by atoms with van der Waals surface area (Å²) >= 11 is 0. The molecule has 68 heavy (non-hydrogen) atoms. The topological polar surface area (TPSA) is 219 Å².